The molecule has 1 aliphatic rings. The van der Waals surface area contributed by atoms with E-state index in [2.05, 4.69) is 5.32 Å². The molecule has 1 heterocycles. The van der Waals surface area contributed by atoms with Crippen LogP contribution >= 0.6 is 0 Å². The summed E-state index contributed by atoms with van der Waals surface area (Å²) in [7, 11) is 0. The molecule has 1 aromatic rings. The molecule has 3 heteroatoms. The van der Waals surface area contributed by atoms with Gasteiger partial charge in [-0.3, -0.25) is 5.32 Å². The minimum absolute atomic E-state index is 0.284. The van der Waals surface area contributed by atoms with Crippen molar-refractivity contribution in [3.8, 4) is 0 Å². The Balaban J connectivity index is 2.47. The van der Waals surface area contributed by atoms with Gasteiger partial charge < -0.3 is 5.11 Å². The summed E-state index contributed by atoms with van der Waals surface area (Å²) in [5.74, 6) is -0.927. The molecular weight excluding hydrogens is 178 g/mol. The van der Waals surface area contributed by atoms with E-state index in [4.69, 9.17) is 5.11 Å². The maximum Gasteiger partial charge on any atom is 0.336 e. The van der Waals surface area contributed by atoms with Gasteiger partial charge in [-0.05, 0) is 18.2 Å². The predicted octanol–water partition coefficient (Wildman–Crippen LogP) is 1.86. The smallest absolute Gasteiger partial charge is 0.336 e. The normalized spacial score (nSPS) is 13.6. The van der Waals surface area contributed by atoms with Gasteiger partial charge in [0, 0.05) is 11.8 Å². The molecule has 0 atom stereocenters. The van der Waals surface area contributed by atoms with Gasteiger partial charge in [-0.15, -0.1) is 0 Å². The number of carboxylic acid groups (broad SMARTS) is 1. The van der Waals surface area contributed by atoms with Crippen LogP contribution in [-0.2, 0) is 0 Å². The van der Waals surface area contributed by atoms with Crippen LogP contribution in [0.5, 0.6) is 0 Å². The molecule has 1 aliphatic heterocycles. The van der Waals surface area contributed by atoms with Crippen LogP contribution in [0.4, 0.5) is 0 Å². The molecule has 2 rings (SSSR count). The highest BCUT2D eigenvalue weighted by Crippen LogP contribution is 2.20. The third kappa shape index (κ3) is 1.40. The highest BCUT2D eigenvalue weighted by atomic mass is 16.4. The average Bonchev–Trinajstić information content (AvgIpc) is 2.70. The first-order chi connectivity index (χ1) is 6.79. The number of hydrogen-bond donors (Lipinski definition) is 1. The SMILES string of the molecule is O=C(O)c1ccccc1C1=CC=C[N]1. The molecule has 0 amide bonds. The Bertz CT molecular complexity index is 433. The van der Waals surface area contributed by atoms with Crippen LogP contribution in [0.15, 0.2) is 42.6 Å². The summed E-state index contributed by atoms with van der Waals surface area (Å²) >= 11 is 0. The summed E-state index contributed by atoms with van der Waals surface area (Å²) in [5.41, 5.74) is 1.64. The van der Waals surface area contributed by atoms with E-state index in [0.717, 1.165) is 0 Å². The zero-order chi connectivity index (χ0) is 9.97. The molecule has 1 aromatic carbocycles. The molecule has 0 bridgehead atoms. The number of hydrogen-bond acceptors (Lipinski definition) is 1. The average molecular weight is 186 g/mol. The van der Waals surface area contributed by atoms with Crippen LogP contribution in [0, 0.1) is 0 Å². The van der Waals surface area contributed by atoms with Crippen molar-refractivity contribution in [2.75, 3.05) is 0 Å². The lowest BCUT2D eigenvalue weighted by Crippen LogP contribution is -2.03. The number of nitrogens with zero attached hydrogens (tertiary/aromatic N) is 1. The van der Waals surface area contributed by atoms with Crippen LogP contribution in [0.2, 0.25) is 0 Å². The number of rotatable bonds is 2. The maximum absolute atomic E-state index is 10.9. The Morgan fingerprint density at radius 2 is 2.07 bits per heavy atom. The van der Waals surface area contributed by atoms with Crippen LogP contribution in [0.3, 0.4) is 0 Å². The minimum Gasteiger partial charge on any atom is -0.478 e. The van der Waals surface area contributed by atoms with E-state index in [9.17, 15) is 4.79 Å². The first-order valence-corrected chi connectivity index (χ1v) is 4.19. The van der Waals surface area contributed by atoms with Gasteiger partial charge in [0.2, 0.25) is 0 Å². The van der Waals surface area contributed by atoms with Crippen molar-refractivity contribution in [3.05, 3.63) is 53.7 Å². The molecule has 0 spiro atoms. The highest BCUT2D eigenvalue weighted by molar-refractivity contribution is 5.94. The summed E-state index contributed by atoms with van der Waals surface area (Å²) in [4.78, 5) is 10.9. The van der Waals surface area contributed by atoms with Crippen molar-refractivity contribution in [2.24, 2.45) is 0 Å². The minimum atomic E-state index is -0.927. The zero-order valence-electron chi connectivity index (χ0n) is 7.34. The molecule has 0 fully saturated rings. The lowest BCUT2D eigenvalue weighted by molar-refractivity contribution is 0.0696. The monoisotopic (exact) mass is 186 g/mol. The largest absolute Gasteiger partial charge is 0.478 e. The second-order valence-electron chi connectivity index (χ2n) is 2.87. The maximum atomic E-state index is 10.9. The molecule has 14 heavy (non-hydrogen) atoms. The van der Waals surface area contributed by atoms with Gasteiger partial charge in [-0.2, -0.15) is 0 Å². The van der Waals surface area contributed by atoms with Gasteiger partial charge in [0.25, 0.3) is 0 Å². The summed E-state index contributed by atoms with van der Waals surface area (Å²) in [6.07, 6.45) is 5.23. The Labute approximate surface area is 81.4 Å². The van der Waals surface area contributed by atoms with Crippen molar-refractivity contribution >= 4 is 11.7 Å². The second kappa shape index (κ2) is 3.38. The Morgan fingerprint density at radius 3 is 2.71 bits per heavy atom. The van der Waals surface area contributed by atoms with E-state index in [-0.39, 0.29) is 5.56 Å². The molecule has 0 saturated carbocycles. The lowest BCUT2D eigenvalue weighted by atomic mass is 10.0. The Morgan fingerprint density at radius 1 is 1.29 bits per heavy atom. The number of allylic oxidation sites excluding steroid dienone is 2. The van der Waals surface area contributed by atoms with E-state index >= 15 is 0 Å². The summed E-state index contributed by atoms with van der Waals surface area (Å²) in [6, 6.07) is 6.84. The standard InChI is InChI=1S/C11H8NO2/c13-11(14)9-5-2-1-4-8(9)10-6-3-7-12-10/h1-7H,(H,13,14). The van der Waals surface area contributed by atoms with Crippen LogP contribution < -0.4 is 5.32 Å². The molecule has 0 unspecified atom stereocenters. The molecule has 1 radical (unpaired) electrons. The van der Waals surface area contributed by atoms with Crippen LogP contribution in [-0.4, -0.2) is 11.1 Å². The van der Waals surface area contributed by atoms with Gasteiger partial charge in [0.15, 0.2) is 0 Å². The Hall–Kier alpha value is -2.03. The van der Waals surface area contributed by atoms with Gasteiger partial charge in [0.05, 0.1) is 11.3 Å². The number of carbonyl (C=O) groups is 1. The Kier molecular flexibility index (Phi) is 2.07. The summed E-state index contributed by atoms with van der Waals surface area (Å²) in [6.45, 7) is 0. The molecule has 69 valence electrons. The molecule has 0 saturated heterocycles. The van der Waals surface area contributed by atoms with Gasteiger partial charge >= 0.3 is 5.97 Å². The van der Waals surface area contributed by atoms with E-state index < -0.39 is 5.97 Å². The van der Waals surface area contributed by atoms with Crippen molar-refractivity contribution in [3.63, 3.8) is 0 Å². The molecule has 0 aromatic heterocycles. The van der Waals surface area contributed by atoms with Crippen molar-refractivity contribution in [2.45, 2.75) is 0 Å². The van der Waals surface area contributed by atoms with E-state index in [1.54, 1.807) is 42.6 Å². The van der Waals surface area contributed by atoms with Crippen LogP contribution in [0.1, 0.15) is 15.9 Å². The van der Waals surface area contributed by atoms with Gasteiger partial charge in [-0.25, -0.2) is 4.79 Å². The molecular formula is C11H8NO2. The molecule has 3 nitrogen and oxygen atoms in total. The van der Waals surface area contributed by atoms with E-state index in [1.165, 1.54) is 0 Å². The van der Waals surface area contributed by atoms with Gasteiger partial charge in [0.1, 0.15) is 0 Å². The third-order valence-corrected chi connectivity index (χ3v) is 1.99. The molecule has 0 aliphatic carbocycles. The van der Waals surface area contributed by atoms with Crippen LogP contribution in [0.25, 0.3) is 5.70 Å². The third-order valence-electron chi connectivity index (χ3n) is 1.99. The highest BCUT2D eigenvalue weighted by Gasteiger charge is 2.13. The van der Waals surface area contributed by atoms with E-state index in [1.807, 2.05) is 0 Å². The second-order valence-corrected chi connectivity index (χ2v) is 2.87. The number of aromatic carboxylic acids is 1. The fraction of sp³-hybridized carbons (Fsp3) is 0. The molecule has 1 N–H and O–H groups in total. The van der Waals surface area contributed by atoms with Gasteiger partial charge in [-0.1, -0.05) is 18.2 Å². The first kappa shape index (κ1) is 8.56. The van der Waals surface area contributed by atoms with E-state index in [0.29, 0.717) is 11.3 Å². The van der Waals surface area contributed by atoms with Crippen molar-refractivity contribution < 1.29 is 9.90 Å². The fourth-order valence-electron chi connectivity index (χ4n) is 1.35. The summed E-state index contributed by atoms with van der Waals surface area (Å²) in [5, 5.41) is 13.0. The lowest BCUT2D eigenvalue weighted by Gasteiger charge is -2.05. The quantitative estimate of drug-likeness (QED) is 0.766. The van der Waals surface area contributed by atoms with Crippen molar-refractivity contribution in [1.82, 2.24) is 5.32 Å². The summed E-state index contributed by atoms with van der Waals surface area (Å²) < 4.78 is 0. The number of benzene rings is 1. The fourth-order valence-corrected chi connectivity index (χ4v) is 1.35. The predicted molar refractivity (Wildman–Crippen MR) is 52.7 cm³/mol. The zero-order valence-corrected chi connectivity index (χ0v) is 7.34. The topological polar surface area (TPSA) is 51.4 Å². The number of carboxylic acids is 1. The van der Waals surface area contributed by atoms with Crippen molar-refractivity contribution in [1.29, 1.82) is 0 Å². The first-order valence-electron chi connectivity index (χ1n) is 4.19.